The van der Waals surface area contributed by atoms with Crippen LogP contribution in [0.25, 0.3) is 10.9 Å². The fourth-order valence-electron chi connectivity index (χ4n) is 1.81. The second kappa shape index (κ2) is 4.31. The lowest BCUT2D eigenvalue weighted by molar-refractivity contribution is -0.136. The predicted molar refractivity (Wildman–Crippen MR) is 65.5 cm³/mol. The van der Waals surface area contributed by atoms with Crippen molar-refractivity contribution in [3.05, 3.63) is 34.3 Å². The van der Waals surface area contributed by atoms with Crippen molar-refractivity contribution in [1.82, 2.24) is 4.98 Å². The molecule has 0 amide bonds. The molecule has 0 saturated heterocycles. The van der Waals surface area contributed by atoms with Gasteiger partial charge in [-0.05, 0) is 30.2 Å². The maximum atomic E-state index is 12.9. The normalized spacial score (nSPS) is 12.1. The zero-order chi connectivity index (χ0) is 13.5. The average Bonchev–Trinajstić information content (AvgIpc) is 2.28. The zero-order valence-electron chi connectivity index (χ0n) is 9.48. The van der Waals surface area contributed by atoms with Gasteiger partial charge in [-0.2, -0.15) is 13.2 Å². The van der Waals surface area contributed by atoms with Crippen molar-refractivity contribution in [2.24, 2.45) is 0 Å². The van der Waals surface area contributed by atoms with Gasteiger partial charge in [-0.25, -0.2) is 4.98 Å². The van der Waals surface area contributed by atoms with Gasteiger partial charge in [-0.15, -0.1) is 0 Å². The van der Waals surface area contributed by atoms with Gasteiger partial charge in [-0.3, -0.25) is 0 Å². The summed E-state index contributed by atoms with van der Waals surface area (Å²) >= 11 is 5.86. The molecule has 0 aliphatic heterocycles. The molecule has 6 heteroatoms. The first-order valence-corrected chi connectivity index (χ1v) is 5.67. The summed E-state index contributed by atoms with van der Waals surface area (Å²) < 4.78 is 38.7. The molecule has 1 aromatic carbocycles. The fraction of sp³-hybridized carbons (Fsp3) is 0.250. The van der Waals surface area contributed by atoms with Gasteiger partial charge in [0.05, 0.1) is 16.1 Å². The average molecular weight is 275 g/mol. The van der Waals surface area contributed by atoms with Crippen LogP contribution >= 0.6 is 11.6 Å². The number of halogens is 4. The van der Waals surface area contributed by atoms with E-state index in [1.165, 1.54) is 12.1 Å². The molecule has 0 atom stereocenters. The van der Waals surface area contributed by atoms with E-state index >= 15 is 0 Å². The van der Waals surface area contributed by atoms with E-state index < -0.39 is 11.7 Å². The summed E-state index contributed by atoms with van der Waals surface area (Å²) in [5, 5.41) is 0.147. The van der Waals surface area contributed by atoms with Gasteiger partial charge < -0.3 is 5.73 Å². The highest BCUT2D eigenvalue weighted by atomic mass is 35.5. The Hall–Kier alpha value is -1.49. The van der Waals surface area contributed by atoms with E-state index in [1.807, 2.05) is 0 Å². The van der Waals surface area contributed by atoms with Gasteiger partial charge >= 0.3 is 6.18 Å². The summed E-state index contributed by atoms with van der Waals surface area (Å²) in [6.45, 7) is 1.80. The Balaban J connectivity index is 2.87. The number of benzene rings is 1. The molecule has 0 fully saturated rings. The topological polar surface area (TPSA) is 38.9 Å². The fourth-order valence-corrected chi connectivity index (χ4v) is 2.02. The van der Waals surface area contributed by atoms with Crippen LogP contribution in [0.5, 0.6) is 0 Å². The monoisotopic (exact) mass is 274 g/mol. The van der Waals surface area contributed by atoms with Crippen LogP contribution < -0.4 is 5.73 Å². The highest BCUT2D eigenvalue weighted by molar-refractivity contribution is 6.35. The standard InChI is InChI=1S/C12H10ClF3N2/c1-2-6-5-7-8(12(14,15)16)3-4-9(13)10(7)18-11(6)17/h3-5H,2H2,1H3,(H2,17,18). The van der Waals surface area contributed by atoms with E-state index in [0.717, 1.165) is 6.07 Å². The van der Waals surface area contributed by atoms with Crippen LogP contribution in [0.2, 0.25) is 5.02 Å². The van der Waals surface area contributed by atoms with Crippen LogP contribution in [-0.2, 0) is 12.6 Å². The molecule has 0 aliphatic rings. The minimum Gasteiger partial charge on any atom is -0.383 e. The first-order valence-electron chi connectivity index (χ1n) is 5.29. The molecule has 0 radical (unpaired) electrons. The van der Waals surface area contributed by atoms with Gasteiger partial charge in [-0.1, -0.05) is 18.5 Å². The first kappa shape index (κ1) is 13.0. The van der Waals surface area contributed by atoms with Crippen LogP contribution in [0.3, 0.4) is 0 Å². The molecule has 1 aromatic heterocycles. The lowest BCUT2D eigenvalue weighted by Crippen LogP contribution is -2.07. The van der Waals surface area contributed by atoms with Crippen molar-refractivity contribution in [2.45, 2.75) is 19.5 Å². The van der Waals surface area contributed by atoms with Gasteiger partial charge in [0.25, 0.3) is 0 Å². The Morgan fingerprint density at radius 1 is 1.33 bits per heavy atom. The third-order valence-corrected chi connectivity index (χ3v) is 3.04. The zero-order valence-corrected chi connectivity index (χ0v) is 10.2. The number of hydrogen-bond acceptors (Lipinski definition) is 2. The van der Waals surface area contributed by atoms with E-state index in [9.17, 15) is 13.2 Å². The number of aromatic nitrogens is 1. The predicted octanol–water partition coefficient (Wildman–Crippen LogP) is 4.05. The summed E-state index contributed by atoms with van der Waals surface area (Å²) in [6.07, 6.45) is -3.93. The number of fused-ring (bicyclic) bond motifs is 1. The van der Waals surface area contributed by atoms with E-state index in [2.05, 4.69) is 4.98 Å². The first-order chi connectivity index (χ1) is 8.34. The Kier molecular flexibility index (Phi) is 3.11. The van der Waals surface area contributed by atoms with Crippen molar-refractivity contribution in [2.75, 3.05) is 5.73 Å². The van der Waals surface area contributed by atoms with Crippen LogP contribution in [0.15, 0.2) is 18.2 Å². The van der Waals surface area contributed by atoms with Gasteiger partial charge in [0.15, 0.2) is 0 Å². The highest BCUT2D eigenvalue weighted by Gasteiger charge is 2.33. The molecule has 2 rings (SSSR count). The second-order valence-corrected chi connectivity index (χ2v) is 4.28. The number of nitrogens with two attached hydrogens (primary N) is 1. The van der Waals surface area contributed by atoms with Crippen LogP contribution in [0.1, 0.15) is 18.1 Å². The molecule has 2 aromatic rings. The summed E-state index contributed by atoms with van der Waals surface area (Å²) in [5.41, 5.74) is 5.59. The maximum absolute atomic E-state index is 12.9. The molecule has 0 aliphatic carbocycles. The van der Waals surface area contributed by atoms with Crippen LogP contribution in [0, 0.1) is 0 Å². The molecule has 0 bridgehead atoms. The summed E-state index contributed by atoms with van der Waals surface area (Å²) in [7, 11) is 0. The smallest absolute Gasteiger partial charge is 0.383 e. The molecule has 0 spiro atoms. The Labute approximate surface area is 107 Å². The molecule has 2 N–H and O–H groups in total. The van der Waals surface area contributed by atoms with E-state index in [4.69, 9.17) is 17.3 Å². The van der Waals surface area contributed by atoms with Gasteiger partial charge in [0.2, 0.25) is 0 Å². The summed E-state index contributed by atoms with van der Waals surface area (Å²) in [6, 6.07) is 3.55. The molecule has 1 heterocycles. The summed E-state index contributed by atoms with van der Waals surface area (Å²) in [4.78, 5) is 3.97. The van der Waals surface area contributed by atoms with Crippen molar-refractivity contribution >= 4 is 28.3 Å². The van der Waals surface area contributed by atoms with Gasteiger partial charge in [0, 0.05) is 5.39 Å². The lowest BCUT2D eigenvalue weighted by atomic mass is 10.0. The maximum Gasteiger partial charge on any atom is 0.417 e. The van der Waals surface area contributed by atoms with Crippen LogP contribution in [-0.4, -0.2) is 4.98 Å². The van der Waals surface area contributed by atoms with Crippen molar-refractivity contribution < 1.29 is 13.2 Å². The number of nitrogen functional groups attached to an aromatic ring is 1. The molecule has 0 saturated carbocycles. The largest absolute Gasteiger partial charge is 0.417 e. The van der Waals surface area contributed by atoms with E-state index in [0.29, 0.717) is 12.0 Å². The number of pyridine rings is 1. The molecular weight excluding hydrogens is 265 g/mol. The molecule has 96 valence electrons. The lowest BCUT2D eigenvalue weighted by Gasteiger charge is -2.13. The molecule has 18 heavy (non-hydrogen) atoms. The molecule has 2 nitrogen and oxygen atoms in total. The summed E-state index contributed by atoms with van der Waals surface area (Å²) in [5.74, 6) is 0.214. The minimum atomic E-state index is -4.44. The van der Waals surface area contributed by atoms with Crippen molar-refractivity contribution in [1.29, 1.82) is 0 Å². The number of hydrogen-bond donors (Lipinski definition) is 1. The number of rotatable bonds is 1. The van der Waals surface area contributed by atoms with E-state index in [-0.39, 0.29) is 21.7 Å². The number of anilines is 1. The van der Waals surface area contributed by atoms with Gasteiger partial charge in [0.1, 0.15) is 5.82 Å². The molecular formula is C12H10ClF3N2. The Morgan fingerprint density at radius 3 is 2.56 bits per heavy atom. The van der Waals surface area contributed by atoms with Crippen molar-refractivity contribution in [3.63, 3.8) is 0 Å². The number of nitrogens with zero attached hydrogens (tertiary/aromatic N) is 1. The molecule has 0 unspecified atom stereocenters. The highest BCUT2D eigenvalue weighted by Crippen LogP contribution is 2.37. The third kappa shape index (κ3) is 2.10. The quantitative estimate of drug-likeness (QED) is 0.852. The number of alkyl halides is 3. The van der Waals surface area contributed by atoms with E-state index in [1.54, 1.807) is 6.92 Å². The Morgan fingerprint density at radius 2 is 2.00 bits per heavy atom. The van der Waals surface area contributed by atoms with Crippen LogP contribution in [0.4, 0.5) is 19.0 Å². The third-order valence-electron chi connectivity index (χ3n) is 2.73. The second-order valence-electron chi connectivity index (χ2n) is 3.88. The van der Waals surface area contributed by atoms with Crippen molar-refractivity contribution in [3.8, 4) is 0 Å². The SMILES string of the molecule is CCc1cc2c(C(F)(F)F)ccc(Cl)c2nc1N. The number of aryl methyl sites for hydroxylation is 1. The minimum absolute atomic E-state index is 0.0129. The Bertz CT molecular complexity index is 608.